The van der Waals surface area contributed by atoms with E-state index < -0.39 is 0 Å². The molecule has 0 spiro atoms. The summed E-state index contributed by atoms with van der Waals surface area (Å²) < 4.78 is 0. The topological polar surface area (TPSA) is 12.4 Å². The van der Waals surface area contributed by atoms with Crippen LogP contribution in [0, 0.1) is 5.92 Å². The van der Waals surface area contributed by atoms with Crippen molar-refractivity contribution in [1.82, 2.24) is 0 Å². The summed E-state index contributed by atoms with van der Waals surface area (Å²) in [5.41, 5.74) is 1.33. The maximum Gasteiger partial charge on any atom is 0.0423 e. The van der Waals surface area contributed by atoms with E-state index in [-0.39, 0.29) is 0 Å². The molecule has 0 atom stereocenters. The molecule has 0 aliphatic heterocycles. The first-order valence-electron chi connectivity index (χ1n) is 4.36. The van der Waals surface area contributed by atoms with Gasteiger partial charge in [-0.25, -0.2) is 0 Å². The van der Waals surface area contributed by atoms with E-state index in [9.17, 15) is 0 Å². The van der Waals surface area contributed by atoms with Crippen molar-refractivity contribution in [1.29, 1.82) is 0 Å². The minimum absolute atomic E-state index is 0.602. The molecule has 64 valence electrons. The van der Waals surface area contributed by atoms with Crippen molar-refractivity contribution in [2.75, 3.05) is 6.54 Å². The zero-order valence-corrected chi connectivity index (χ0v) is 7.93. The summed E-state index contributed by atoms with van der Waals surface area (Å²) in [4.78, 5) is 4.48. The lowest BCUT2D eigenvalue weighted by molar-refractivity contribution is 0.837. The molecule has 0 fully saturated rings. The zero-order valence-electron chi connectivity index (χ0n) is 7.93. The summed E-state index contributed by atoms with van der Waals surface area (Å²) in [6, 6.07) is 0. The van der Waals surface area contributed by atoms with Crippen LogP contribution in [0.5, 0.6) is 0 Å². The van der Waals surface area contributed by atoms with Gasteiger partial charge in [-0.05, 0) is 18.8 Å². The molecule has 0 saturated carbocycles. The molecule has 0 radical (unpaired) electrons. The number of hydrogen-bond donors (Lipinski definition) is 0. The number of nitrogens with zero attached hydrogens (tertiary/aromatic N) is 1. The highest BCUT2D eigenvalue weighted by atomic mass is 14.7. The summed E-state index contributed by atoms with van der Waals surface area (Å²) in [5, 5.41) is 0. The van der Waals surface area contributed by atoms with Gasteiger partial charge in [0.05, 0.1) is 0 Å². The van der Waals surface area contributed by atoms with Gasteiger partial charge in [-0.3, -0.25) is 4.99 Å². The predicted octanol–water partition coefficient (Wildman–Crippen LogP) is 3.07. The normalized spacial score (nSPS) is 12.2. The van der Waals surface area contributed by atoms with Crippen LogP contribution >= 0.6 is 0 Å². The number of hydrogen-bond acceptors (Lipinski definition) is 1. The van der Waals surface area contributed by atoms with Crippen LogP contribution in [0.4, 0.5) is 0 Å². The van der Waals surface area contributed by atoms with Gasteiger partial charge in [0.1, 0.15) is 0 Å². The molecule has 0 aromatic carbocycles. The Morgan fingerprint density at radius 1 is 1.55 bits per heavy atom. The Morgan fingerprint density at radius 3 is 2.55 bits per heavy atom. The number of aliphatic imine (C=N–C) groups is 1. The molecule has 11 heavy (non-hydrogen) atoms. The molecular weight excluding hydrogens is 134 g/mol. The van der Waals surface area contributed by atoms with Crippen LogP contribution in [-0.4, -0.2) is 12.3 Å². The van der Waals surface area contributed by atoms with Gasteiger partial charge in [0, 0.05) is 12.3 Å². The van der Waals surface area contributed by atoms with E-state index in [1.807, 2.05) is 6.08 Å². The molecule has 1 nitrogen and oxygen atoms in total. The largest absolute Gasteiger partial charge is 0.294 e. The summed E-state index contributed by atoms with van der Waals surface area (Å²) in [6.07, 6.45) is 3.99. The number of rotatable bonds is 5. The maximum absolute atomic E-state index is 4.48. The lowest BCUT2D eigenvalue weighted by Gasteiger charge is -2.06. The van der Waals surface area contributed by atoms with Gasteiger partial charge in [-0.2, -0.15) is 0 Å². The SMILES string of the molecule is C=CCCN=C(CC)C(C)C. The van der Waals surface area contributed by atoms with Gasteiger partial charge in [-0.1, -0.05) is 26.8 Å². The fourth-order valence-corrected chi connectivity index (χ4v) is 1.00. The third kappa shape index (κ3) is 4.77. The summed E-state index contributed by atoms with van der Waals surface area (Å²) in [7, 11) is 0. The quantitative estimate of drug-likeness (QED) is 0.327. The molecule has 0 aliphatic rings. The van der Waals surface area contributed by atoms with Crippen LogP contribution in [0.25, 0.3) is 0 Å². The van der Waals surface area contributed by atoms with Gasteiger partial charge < -0.3 is 0 Å². The van der Waals surface area contributed by atoms with Crippen molar-refractivity contribution >= 4 is 5.71 Å². The highest BCUT2D eigenvalue weighted by Gasteiger charge is 1.99. The van der Waals surface area contributed by atoms with E-state index in [4.69, 9.17) is 0 Å². The molecule has 0 aliphatic carbocycles. The highest BCUT2D eigenvalue weighted by Crippen LogP contribution is 2.01. The van der Waals surface area contributed by atoms with Crippen LogP contribution in [0.15, 0.2) is 17.6 Å². The smallest absolute Gasteiger partial charge is 0.0423 e. The van der Waals surface area contributed by atoms with Crippen LogP contribution in [0.3, 0.4) is 0 Å². The van der Waals surface area contributed by atoms with E-state index in [1.165, 1.54) is 5.71 Å². The molecule has 1 heteroatoms. The second kappa shape index (κ2) is 6.14. The van der Waals surface area contributed by atoms with Crippen molar-refractivity contribution in [2.24, 2.45) is 10.9 Å². The van der Waals surface area contributed by atoms with Gasteiger partial charge in [0.25, 0.3) is 0 Å². The minimum atomic E-state index is 0.602. The van der Waals surface area contributed by atoms with Crippen molar-refractivity contribution in [3.05, 3.63) is 12.7 Å². The van der Waals surface area contributed by atoms with Gasteiger partial charge in [0.2, 0.25) is 0 Å². The lowest BCUT2D eigenvalue weighted by atomic mass is 10.1. The van der Waals surface area contributed by atoms with Crippen LogP contribution in [0.2, 0.25) is 0 Å². The fourth-order valence-electron chi connectivity index (χ4n) is 1.00. The highest BCUT2D eigenvalue weighted by molar-refractivity contribution is 5.85. The minimum Gasteiger partial charge on any atom is -0.294 e. The average molecular weight is 153 g/mol. The van der Waals surface area contributed by atoms with Crippen molar-refractivity contribution < 1.29 is 0 Å². The molecule has 0 bridgehead atoms. The second-order valence-corrected chi connectivity index (χ2v) is 2.96. The van der Waals surface area contributed by atoms with Crippen molar-refractivity contribution in [3.8, 4) is 0 Å². The lowest BCUT2D eigenvalue weighted by Crippen LogP contribution is -2.06. The first-order valence-corrected chi connectivity index (χ1v) is 4.36. The Morgan fingerprint density at radius 2 is 2.18 bits per heavy atom. The van der Waals surface area contributed by atoms with E-state index in [1.54, 1.807) is 0 Å². The van der Waals surface area contributed by atoms with Crippen molar-refractivity contribution in [3.63, 3.8) is 0 Å². The molecule has 0 rings (SSSR count). The average Bonchev–Trinajstić information content (AvgIpc) is 1.97. The van der Waals surface area contributed by atoms with E-state index in [0.717, 1.165) is 19.4 Å². The third-order valence-corrected chi connectivity index (χ3v) is 1.68. The van der Waals surface area contributed by atoms with E-state index in [0.29, 0.717) is 5.92 Å². The summed E-state index contributed by atoms with van der Waals surface area (Å²) >= 11 is 0. The van der Waals surface area contributed by atoms with Gasteiger partial charge in [-0.15, -0.1) is 6.58 Å². The monoisotopic (exact) mass is 153 g/mol. The Hall–Kier alpha value is -0.590. The Kier molecular flexibility index (Phi) is 5.81. The second-order valence-electron chi connectivity index (χ2n) is 2.96. The van der Waals surface area contributed by atoms with E-state index >= 15 is 0 Å². The van der Waals surface area contributed by atoms with Crippen LogP contribution in [0.1, 0.15) is 33.6 Å². The molecule has 0 heterocycles. The fraction of sp³-hybridized carbons (Fsp3) is 0.700. The third-order valence-electron chi connectivity index (χ3n) is 1.68. The standard InChI is InChI=1S/C10H19N/c1-5-7-8-11-10(6-2)9(3)4/h5,9H,1,6-8H2,2-4H3. The molecule has 0 N–H and O–H groups in total. The first kappa shape index (κ1) is 10.4. The molecule has 0 aromatic rings. The van der Waals surface area contributed by atoms with Crippen LogP contribution in [-0.2, 0) is 0 Å². The Bertz CT molecular complexity index is 134. The summed E-state index contributed by atoms with van der Waals surface area (Å²) in [5.74, 6) is 0.602. The van der Waals surface area contributed by atoms with Gasteiger partial charge in [0.15, 0.2) is 0 Å². The molecule has 0 saturated heterocycles. The Labute approximate surface area is 70.2 Å². The predicted molar refractivity (Wildman–Crippen MR) is 52.2 cm³/mol. The molecule has 0 unspecified atom stereocenters. The first-order chi connectivity index (χ1) is 5.22. The van der Waals surface area contributed by atoms with Crippen molar-refractivity contribution in [2.45, 2.75) is 33.6 Å². The van der Waals surface area contributed by atoms with E-state index in [2.05, 4.69) is 32.3 Å². The zero-order chi connectivity index (χ0) is 8.69. The molecular formula is C10H19N. The Balaban J connectivity index is 3.80. The summed E-state index contributed by atoms with van der Waals surface area (Å²) in [6.45, 7) is 11.1. The molecule has 0 aromatic heterocycles. The van der Waals surface area contributed by atoms with Gasteiger partial charge >= 0.3 is 0 Å². The van der Waals surface area contributed by atoms with Crippen LogP contribution < -0.4 is 0 Å². The maximum atomic E-state index is 4.48. The molecule has 0 amide bonds.